The molecule has 0 atom stereocenters. The second-order valence-electron chi connectivity index (χ2n) is 5.36. The molecule has 0 radical (unpaired) electrons. The van der Waals surface area contributed by atoms with Crippen LogP contribution in [0.5, 0.6) is 5.88 Å². The molecule has 23 heavy (non-hydrogen) atoms. The molecule has 122 valence electrons. The lowest BCUT2D eigenvalue weighted by Gasteiger charge is -2.16. The summed E-state index contributed by atoms with van der Waals surface area (Å²) in [7, 11) is 0. The fraction of sp³-hybridized carbons (Fsp3) is 0.438. The number of nitrogens with one attached hydrogen (secondary N) is 1. The maximum atomic E-state index is 11.8. The second kappa shape index (κ2) is 7.92. The summed E-state index contributed by atoms with van der Waals surface area (Å²) in [5.41, 5.74) is 0. The molecule has 1 saturated heterocycles. The molecule has 1 aliphatic heterocycles. The second-order valence-corrected chi connectivity index (χ2v) is 6.40. The van der Waals surface area contributed by atoms with Gasteiger partial charge in [-0.1, -0.05) is 6.07 Å². The molecule has 0 spiro atoms. The van der Waals surface area contributed by atoms with E-state index in [0.29, 0.717) is 25.5 Å². The maximum absolute atomic E-state index is 11.8. The fourth-order valence-corrected chi connectivity index (χ4v) is 3.21. The van der Waals surface area contributed by atoms with E-state index in [-0.39, 0.29) is 5.91 Å². The summed E-state index contributed by atoms with van der Waals surface area (Å²) in [6.45, 7) is 2.93. The Bertz CT molecular complexity index is 627. The van der Waals surface area contributed by atoms with E-state index in [1.165, 1.54) is 19.2 Å². The average Bonchev–Trinajstić information content (AvgIpc) is 3.25. The Labute approximate surface area is 139 Å². The normalized spacial score (nSPS) is 14.0. The number of hydrogen-bond donors (Lipinski definition) is 1. The number of amides is 1. The minimum Gasteiger partial charge on any atom is -0.476 e. The number of carbonyl (C=O) groups excluding carboxylic acids is 1. The van der Waals surface area contributed by atoms with E-state index < -0.39 is 0 Å². The molecule has 7 heteroatoms. The monoisotopic (exact) mass is 332 g/mol. The van der Waals surface area contributed by atoms with Gasteiger partial charge in [0.1, 0.15) is 18.8 Å². The van der Waals surface area contributed by atoms with Crippen LogP contribution in [0.1, 0.15) is 17.7 Å². The van der Waals surface area contributed by atoms with E-state index >= 15 is 0 Å². The van der Waals surface area contributed by atoms with Gasteiger partial charge in [-0.15, -0.1) is 11.3 Å². The Morgan fingerprint density at radius 3 is 3.00 bits per heavy atom. The Morgan fingerprint density at radius 1 is 1.35 bits per heavy atom. The summed E-state index contributed by atoms with van der Waals surface area (Å²) >= 11 is 1.59. The van der Waals surface area contributed by atoms with Crippen molar-refractivity contribution in [2.45, 2.75) is 19.3 Å². The quantitative estimate of drug-likeness (QED) is 0.784. The van der Waals surface area contributed by atoms with E-state index in [1.807, 2.05) is 23.6 Å². The summed E-state index contributed by atoms with van der Waals surface area (Å²) in [6, 6.07) is 5.77. The predicted octanol–water partition coefficient (Wildman–Crippen LogP) is 1.88. The average molecular weight is 332 g/mol. The molecule has 2 aromatic rings. The molecule has 0 aliphatic carbocycles. The highest BCUT2D eigenvalue weighted by Crippen LogP contribution is 2.20. The van der Waals surface area contributed by atoms with Crippen LogP contribution in [0, 0.1) is 0 Å². The topological polar surface area (TPSA) is 67.3 Å². The summed E-state index contributed by atoms with van der Waals surface area (Å²) in [5.74, 6) is 1.47. The SMILES string of the molecule is O=C(Cc1cccs1)NCCOc1cc(N2CCCC2)ncn1. The van der Waals surface area contributed by atoms with Gasteiger partial charge in [0.15, 0.2) is 0 Å². The molecule has 1 amide bonds. The van der Waals surface area contributed by atoms with E-state index in [0.717, 1.165) is 23.8 Å². The van der Waals surface area contributed by atoms with E-state index in [1.54, 1.807) is 11.3 Å². The molecule has 3 heterocycles. The largest absolute Gasteiger partial charge is 0.476 e. The number of ether oxygens (including phenoxy) is 1. The molecule has 0 saturated carbocycles. The summed E-state index contributed by atoms with van der Waals surface area (Å²) < 4.78 is 5.60. The smallest absolute Gasteiger partial charge is 0.225 e. The zero-order valence-electron chi connectivity index (χ0n) is 12.9. The van der Waals surface area contributed by atoms with Crippen LogP contribution in [0.15, 0.2) is 29.9 Å². The molecule has 1 fully saturated rings. The van der Waals surface area contributed by atoms with Crippen molar-refractivity contribution in [1.82, 2.24) is 15.3 Å². The number of carbonyl (C=O) groups is 1. The van der Waals surface area contributed by atoms with Crippen LogP contribution < -0.4 is 15.0 Å². The summed E-state index contributed by atoms with van der Waals surface area (Å²) in [5, 5.41) is 4.82. The molecule has 1 aliphatic rings. The highest BCUT2D eigenvalue weighted by atomic mass is 32.1. The zero-order chi connectivity index (χ0) is 15.9. The third kappa shape index (κ3) is 4.66. The highest BCUT2D eigenvalue weighted by Gasteiger charge is 2.14. The molecular formula is C16H20N4O2S. The van der Waals surface area contributed by atoms with Crippen molar-refractivity contribution in [2.24, 2.45) is 0 Å². The van der Waals surface area contributed by atoms with E-state index in [9.17, 15) is 4.79 Å². The number of thiophene rings is 1. The Balaban J connectivity index is 1.40. The summed E-state index contributed by atoms with van der Waals surface area (Å²) in [4.78, 5) is 23.5. The molecular weight excluding hydrogens is 312 g/mol. The van der Waals surface area contributed by atoms with Crippen LogP contribution in [0.4, 0.5) is 5.82 Å². The molecule has 2 aromatic heterocycles. The van der Waals surface area contributed by atoms with Crippen molar-refractivity contribution in [3.05, 3.63) is 34.8 Å². The first-order chi connectivity index (χ1) is 11.3. The lowest BCUT2D eigenvalue weighted by atomic mass is 10.3. The first-order valence-electron chi connectivity index (χ1n) is 7.80. The van der Waals surface area contributed by atoms with E-state index in [4.69, 9.17) is 4.74 Å². The van der Waals surface area contributed by atoms with Gasteiger partial charge < -0.3 is 15.0 Å². The molecule has 0 bridgehead atoms. The lowest BCUT2D eigenvalue weighted by Crippen LogP contribution is -2.29. The van der Waals surface area contributed by atoms with Crippen LogP contribution in [-0.4, -0.2) is 42.1 Å². The predicted molar refractivity (Wildman–Crippen MR) is 90.0 cm³/mol. The van der Waals surface area contributed by atoms with Gasteiger partial charge in [-0.3, -0.25) is 4.79 Å². The van der Waals surface area contributed by atoms with E-state index in [2.05, 4.69) is 20.2 Å². The van der Waals surface area contributed by atoms with Crippen molar-refractivity contribution in [2.75, 3.05) is 31.1 Å². The maximum Gasteiger partial charge on any atom is 0.225 e. The molecule has 3 rings (SSSR count). The van der Waals surface area contributed by atoms with Gasteiger partial charge in [-0.05, 0) is 24.3 Å². The minimum absolute atomic E-state index is 0.0106. The Morgan fingerprint density at radius 2 is 2.22 bits per heavy atom. The van der Waals surface area contributed by atoms with Crippen molar-refractivity contribution < 1.29 is 9.53 Å². The highest BCUT2D eigenvalue weighted by molar-refractivity contribution is 7.10. The van der Waals surface area contributed by atoms with Gasteiger partial charge in [-0.2, -0.15) is 0 Å². The van der Waals surface area contributed by atoms with Crippen LogP contribution in [-0.2, 0) is 11.2 Å². The van der Waals surface area contributed by atoms with Crippen LogP contribution in [0.25, 0.3) is 0 Å². The molecule has 6 nitrogen and oxygen atoms in total. The van der Waals surface area contributed by atoms with Gasteiger partial charge in [0.25, 0.3) is 0 Å². The third-order valence-corrected chi connectivity index (χ3v) is 4.52. The molecule has 0 unspecified atom stereocenters. The number of nitrogens with zero attached hydrogens (tertiary/aromatic N) is 3. The zero-order valence-corrected chi connectivity index (χ0v) is 13.7. The van der Waals surface area contributed by atoms with Crippen LogP contribution in [0.3, 0.4) is 0 Å². The number of rotatable bonds is 7. The van der Waals surface area contributed by atoms with Crippen molar-refractivity contribution in [1.29, 1.82) is 0 Å². The van der Waals surface area contributed by atoms with Crippen molar-refractivity contribution >= 4 is 23.1 Å². The molecule has 0 aromatic carbocycles. The fourth-order valence-electron chi connectivity index (χ4n) is 2.51. The minimum atomic E-state index is 0.0106. The number of hydrogen-bond acceptors (Lipinski definition) is 6. The van der Waals surface area contributed by atoms with Crippen molar-refractivity contribution in [3.63, 3.8) is 0 Å². The van der Waals surface area contributed by atoms with Gasteiger partial charge in [-0.25, -0.2) is 9.97 Å². The number of anilines is 1. The van der Waals surface area contributed by atoms with Gasteiger partial charge >= 0.3 is 0 Å². The van der Waals surface area contributed by atoms with Gasteiger partial charge in [0.2, 0.25) is 11.8 Å². The van der Waals surface area contributed by atoms with Crippen LogP contribution in [0.2, 0.25) is 0 Å². The van der Waals surface area contributed by atoms with Crippen LogP contribution >= 0.6 is 11.3 Å². The third-order valence-electron chi connectivity index (χ3n) is 3.65. The summed E-state index contributed by atoms with van der Waals surface area (Å²) in [6.07, 6.45) is 4.36. The lowest BCUT2D eigenvalue weighted by molar-refractivity contribution is -0.120. The first kappa shape index (κ1) is 15.7. The standard InChI is InChI=1S/C16H20N4O2S/c21-15(10-13-4-3-9-23-13)17-5-8-22-16-11-14(18-12-19-16)20-6-1-2-7-20/h3-4,9,11-12H,1-2,5-8,10H2,(H,17,21). The molecule has 1 N–H and O–H groups in total. The first-order valence-corrected chi connectivity index (χ1v) is 8.68. The van der Waals surface area contributed by atoms with Gasteiger partial charge in [0, 0.05) is 24.0 Å². The Hall–Kier alpha value is -2.15. The Kier molecular flexibility index (Phi) is 5.42. The van der Waals surface area contributed by atoms with Gasteiger partial charge in [0.05, 0.1) is 13.0 Å². The number of aromatic nitrogens is 2. The van der Waals surface area contributed by atoms with Crippen molar-refractivity contribution in [3.8, 4) is 5.88 Å².